The summed E-state index contributed by atoms with van der Waals surface area (Å²) in [5.41, 5.74) is 5.13. The van der Waals surface area contributed by atoms with Gasteiger partial charge < -0.3 is 10.1 Å². The lowest BCUT2D eigenvalue weighted by molar-refractivity contribution is 0.0951. The van der Waals surface area contributed by atoms with Crippen LogP contribution < -0.4 is 5.32 Å². The van der Waals surface area contributed by atoms with Crippen molar-refractivity contribution in [2.45, 2.75) is 33.5 Å². The second-order valence-electron chi connectivity index (χ2n) is 7.21. The molecule has 2 aromatic carbocycles. The Morgan fingerprint density at radius 3 is 2.52 bits per heavy atom. The van der Waals surface area contributed by atoms with Crippen molar-refractivity contribution < 1.29 is 9.53 Å². The Labute approximate surface area is 181 Å². The summed E-state index contributed by atoms with van der Waals surface area (Å²) in [5.74, 6) is -0.147. The number of nitrogens with one attached hydrogen (secondary N) is 1. The molecule has 0 radical (unpaired) electrons. The zero-order valence-corrected chi connectivity index (χ0v) is 17.8. The number of hydrogen-bond acceptors (Lipinski definition) is 4. The Morgan fingerprint density at radius 1 is 1.03 bits per heavy atom. The van der Waals surface area contributed by atoms with E-state index >= 15 is 0 Å². The monoisotopic (exact) mass is 414 g/mol. The van der Waals surface area contributed by atoms with Crippen molar-refractivity contribution in [3.8, 4) is 11.3 Å². The van der Waals surface area contributed by atoms with Gasteiger partial charge in [-0.15, -0.1) is 0 Å². The molecular weight excluding hydrogens is 388 g/mol. The van der Waals surface area contributed by atoms with Crippen LogP contribution in [0.4, 0.5) is 0 Å². The minimum Gasteiger partial charge on any atom is -0.377 e. The lowest BCUT2D eigenvalue weighted by atomic mass is 10.1. The molecule has 31 heavy (non-hydrogen) atoms. The highest BCUT2D eigenvalue weighted by Gasteiger charge is 2.17. The van der Waals surface area contributed by atoms with Crippen LogP contribution in [-0.2, 0) is 24.4 Å². The minimum atomic E-state index is -0.147. The summed E-state index contributed by atoms with van der Waals surface area (Å²) in [6, 6.07) is 19.7. The van der Waals surface area contributed by atoms with Crippen LogP contribution in [0.5, 0.6) is 0 Å². The van der Waals surface area contributed by atoms with E-state index < -0.39 is 0 Å². The summed E-state index contributed by atoms with van der Waals surface area (Å²) in [5, 5.41) is 8.24. The molecule has 1 amide bonds. The van der Waals surface area contributed by atoms with Crippen LogP contribution >= 0.6 is 0 Å². The van der Waals surface area contributed by atoms with Crippen molar-refractivity contribution in [1.82, 2.24) is 20.1 Å². The first-order valence-electron chi connectivity index (χ1n) is 10.6. The van der Waals surface area contributed by atoms with Crippen molar-refractivity contribution in [3.63, 3.8) is 0 Å². The third-order valence-electron chi connectivity index (χ3n) is 5.24. The van der Waals surface area contributed by atoms with Gasteiger partial charge in [0.05, 0.1) is 29.4 Å². The second-order valence-corrected chi connectivity index (χ2v) is 7.21. The molecule has 0 atom stereocenters. The van der Waals surface area contributed by atoms with Crippen molar-refractivity contribution in [1.29, 1.82) is 0 Å². The average molecular weight is 415 g/mol. The van der Waals surface area contributed by atoms with Gasteiger partial charge in [0.2, 0.25) is 0 Å². The normalized spacial score (nSPS) is 11.0. The molecule has 0 saturated heterocycles. The highest BCUT2D eigenvalue weighted by atomic mass is 16.5. The number of rotatable bonds is 8. The molecule has 2 aromatic heterocycles. The van der Waals surface area contributed by atoms with Crippen LogP contribution in [0.3, 0.4) is 0 Å². The number of amides is 1. The third kappa shape index (κ3) is 4.49. The van der Waals surface area contributed by atoms with Crippen molar-refractivity contribution in [2.24, 2.45) is 0 Å². The number of aromatic nitrogens is 3. The molecule has 0 spiro atoms. The fourth-order valence-corrected chi connectivity index (χ4v) is 3.58. The summed E-state index contributed by atoms with van der Waals surface area (Å²) in [6.45, 7) is 6.27. The number of carbonyl (C=O) groups excluding carboxylic acids is 1. The largest absolute Gasteiger partial charge is 0.377 e. The van der Waals surface area contributed by atoms with Crippen LogP contribution in [0, 0.1) is 0 Å². The van der Waals surface area contributed by atoms with E-state index in [0.29, 0.717) is 37.5 Å². The quantitative estimate of drug-likeness (QED) is 0.458. The molecule has 0 saturated carbocycles. The maximum absolute atomic E-state index is 13.2. The Balaban J connectivity index is 1.66. The van der Waals surface area contributed by atoms with E-state index in [2.05, 4.69) is 10.4 Å². The summed E-state index contributed by atoms with van der Waals surface area (Å²) in [6.07, 6.45) is 1.72. The van der Waals surface area contributed by atoms with Crippen LogP contribution in [0.15, 0.2) is 66.9 Å². The number of pyridine rings is 1. The van der Waals surface area contributed by atoms with Gasteiger partial charge in [0.25, 0.3) is 5.91 Å². The van der Waals surface area contributed by atoms with Crippen LogP contribution in [-0.4, -0.2) is 27.3 Å². The molecule has 0 unspecified atom stereocenters. The molecule has 2 heterocycles. The van der Waals surface area contributed by atoms with Gasteiger partial charge in [0, 0.05) is 25.3 Å². The molecule has 0 aliphatic carbocycles. The van der Waals surface area contributed by atoms with E-state index in [1.54, 1.807) is 6.20 Å². The van der Waals surface area contributed by atoms with Crippen LogP contribution in [0.25, 0.3) is 22.3 Å². The first-order valence-corrected chi connectivity index (χ1v) is 10.6. The first-order chi connectivity index (χ1) is 15.2. The van der Waals surface area contributed by atoms with Crippen LogP contribution in [0.1, 0.15) is 35.3 Å². The lowest BCUT2D eigenvalue weighted by Gasteiger charge is -2.12. The highest BCUT2D eigenvalue weighted by molar-refractivity contribution is 6.06. The molecule has 0 aliphatic rings. The molecule has 0 fully saturated rings. The third-order valence-corrected chi connectivity index (χ3v) is 5.24. The predicted molar refractivity (Wildman–Crippen MR) is 122 cm³/mol. The van der Waals surface area contributed by atoms with E-state index in [1.165, 1.54) is 0 Å². The maximum atomic E-state index is 13.2. The highest BCUT2D eigenvalue weighted by Crippen LogP contribution is 2.25. The fraction of sp³-hybridized carbons (Fsp3) is 0.240. The number of nitrogens with zero attached hydrogens (tertiary/aromatic N) is 3. The molecule has 158 valence electrons. The molecule has 0 bridgehead atoms. The standard InChI is InChI=1S/C25H26N4O2/c1-3-29-24-22(16-27-29)21(14-23(28-24)18-10-6-5-7-11-18)25(30)26-15-19-12-8-9-13-20(19)17-31-4-2/h5-14,16H,3-4,15,17H2,1-2H3,(H,26,30). The van der Waals surface area contributed by atoms with Crippen molar-refractivity contribution in [3.05, 3.63) is 83.6 Å². The Morgan fingerprint density at radius 2 is 1.77 bits per heavy atom. The second kappa shape index (κ2) is 9.53. The summed E-state index contributed by atoms with van der Waals surface area (Å²) < 4.78 is 7.37. The summed E-state index contributed by atoms with van der Waals surface area (Å²) >= 11 is 0. The van der Waals surface area contributed by atoms with E-state index in [1.807, 2.05) is 79.2 Å². The predicted octanol–water partition coefficient (Wildman–Crippen LogP) is 4.58. The van der Waals surface area contributed by atoms with E-state index in [-0.39, 0.29) is 5.91 Å². The van der Waals surface area contributed by atoms with Crippen molar-refractivity contribution in [2.75, 3.05) is 6.61 Å². The minimum absolute atomic E-state index is 0.147. The molecular formula is C25H26N4O2. The van der Waals surface area contributed by atoms with Gasteiger partial charge in [-0.2, -0.15) is 5.10 Å². The average Bonchev–Trinajstić information content (AvgIpc) is 3.24. The van der Waals surface area contributed by atoms with Crippen LogP contribution in [0.2, 0.25) is 0 Å². The van der Waals surface area contributed by atoms with Gasteiger partial charge in [0.1, 0.15) is 0 Å². The number of carbonyl (C=O) groups is 1. The Hall–Kier alpha value is -3.51. The summed E-state index contributed by atoms with van der Waals surface area (Å²) in [4.78, 5) is 18.0. The lowest BCUT2D eigenvalue weighted by Crippen LogP contribution is -2.24. The number of aryl methyl sites for hydroxylation is 1. The number of fused-ring (bicyclic) bond motifs is 1. The smallest absolute Gasteiger partial charge is 0.252 e. The van der Waals surface area contributed by atoms with Gasteiger partial charge >= 0.3 is 0 Å². The SMILES string of the molecule is CCOCc1ccccc1CNC(=O)c1cc(-c2ccccc2)nc2c1cnn2CC. The van der Waals surface area contributed by atoms with E-state index in [9.17, 15) is 4.79 Å². The molecule has 4 rings (SSSR count). The molecule has 4 aromatic rings. The van der Waals surface area contributed by atoms with Gasteiger partial charge in [-0.1, -0.05) is 54.6 Å². The first kappa shape index (κ1) is 20.8. The number of hydrogen-bond donors (Lipinski definition) is 1. The zero-order chi connectivity index (χ0) is 21.6. The van der Waals surface area contributed by atoms with E-state index in [0.717, 1.165) is 27.8 Å². The number of ether oxygens (including phenoxy) is 1. The fourth-order valence-electron chi connectivity index (χ4n) is 3.58. The zero-order valence-electron chi connectivity index (χ0n) is 17.8. The summed E-state index contributed by atoms with van der Waals surface area (Å²) in [7, 11) is 0. The van der Waals surface area contributed by atoms with Gasteiger partial charge in [-0.05, 0) is 31.0 Å². The van der Waals surface area contributed by atoms with Gasteiger partial charge in [-0.25, -0.2) is 9.67 Å². The molecule has 6 nitrogen and oxygen atoms in total. The van der Waals surface area contributed by atoms with Crippen molar-refractivity contribution >= 4 is 16.9 Å². The molecule has 0 aliphatic heterocycles. The molecule has 1 N–H and O–H groups in total. The topological polar surface area (TPSA) is 69.0 Å². The van der Waals surface area contributed by atoms with E-state index in [4.69, 9.17) is 9.72 Å². The Kier molecular flexibility index (Phi) is 6.38. The Bertz CT molecular complexity index is 1180. The molecule has 6 heteroatoms. The number of benzene rings is 2. The maximum Gasteiger partial charge on any atom is 0.252 e. The van der Waals surface area contributed by atoms with Gasteiger partial charge in [0.15, 0.2) is 5.65 Å². The van der Waals surface area contributed by atoms with Gasteiger partial charge in [-0.3, -0.25) is 4.79 Å².